The van der Waals surface area contributed by atoms with Crippen LogP contribution in [0.15, 0.2) is 60.8 Å². The average molecular weight is 414 g/mol. The van der Waals surface area contributed by atoms with Crippen molar-refractivity contribution in [3.05, 3.63) is 71.5 Å². The van der Waals surface area contributed by atoms with Crippen LogP contribution in [0.25, 0.3) is 33.5 Å². The molecule has 1 aliphatic carbocycles. The molecule has 1 aromatic carbocycles. The topological polar surface area (TPSA) is 94.5 Å². The molecule has 1 amide bonds. The van der Waals surface area contributed by atoms with Crippen molar-refractivity contribution in [2.75, 3.05) is 0 Å². The number of H-pyrrole nitrogens is 1. The number of nitrogens with zero attached hydrogens (tertiary/aromatic N) is 3. The molecule has 3 aromatic heterocycles. The summed E-state index contributed by atoms with van der Waals surface area (Å²) in [5, 5.41) is 13.3. The molecule has 0 radical (unpaired) electrons. The van der Waals surface area contributed by atoms with Gasteiger partial charge in [0.1, 0.15) is 16.9 Å². The van der Waals surface area contributed by atoms with Crippen molar-refractivity contribution in [1.29, 1.82) is 5.26 Å². The zero-order valence-corrected chi connectivity index (χ0v) is 16.6. The van der Waals surface area contributed by atoms with Crippen LogP contribution in [0, 0.1) is 11.3 Å². The number of pyridine rings is 2. The minimum atomic E-state index is -0.734. The molecule has 0 bridgehead atoms. The van der Waals surface area contributed by atoms with E-state index in [9.17, 15) is 10.1 Å². The van der Waals surface area contributed by atoms with Gasteiger partial charge < -0.3 is 10.3 Å². The molecule has 1 aliphatic rings. The van der Waals surface area contributed by atoms with Gasteiger partial charge in [-0.15, -0.1) is 0 Å². The number of aromatic nitrogens is 3. The Morgan fingerprint density at radius 1 is 1.13 bits per heavy atom. The summed E-state index contributed by atoms with van der Waals surface area (Å²) in [5.41, 5.74) is 3.35. The normalized spacial score (nSPS) is 14.3. The number of halogens is 1. The number of aromatic amines is 1. The van der Waals surface area contributed by atoms with E-state index in [2.05, 4.69) is 26.3 Å². The average Bonchev–Trinajstić information content (AvgIpc) is 3.49. The molecule has 6 nitrogen and oxygen atoms in total. The maximum Gasteiger partial charge on any atom is 0.271 e. The predicted octanol–water partition coefficient (Wildman–Crippen LogP) is 4.73. The number of hydrogen-bond donors (Lipinski definition) is 2. The van der Waals surface area contributed by atoms with Crippen LogP contribution in [0.1, 0.15) is 23.3 Å². The highest BCUT2D eigenvalue weighted by molar-refractivity contribution is 6.38. The van der Waals surface area contributed by atoms with Gasteiger partial charge in [-0.1, -0.05) is 48.0 Å². The Bertz CT molecular complexity index is 1320. The summed E-state index contributed by atoms with van der Waals surface area (Å²) in [6, 6.07) is 19.1. The molecule has 0 spiro atoms. The van der Waals surface area contributed by atoms with Gasteiger partial charge in [-0.2, -0.15) is 5.26 Å². The number of carbonyl (C=O) groups is 1. The van der Waals surface area contributed by atoms with Crippen LogP contribution >= 0.6 is 11.6 Å². The Morgan fingerprint density at radius 3 is 2.67 bits per heavy atom. The molecule has 0 saturated heterocycles. The number of nitriles is 1. The second-order valence-corrected chi connectivity index (χ2v) is 7.73. The van der Waals surface area contributed by atoms with Crippen molar-refractivity contribution in [2.24, 2.45) is 0 Å². The Hall–Kier alpha value is -3.69. The van der Waals surface area contributed by atoms with Gasteiger partial charge in [-0.05, 0) is 36.6 Å². The summed E-state index contributed by atoms with van der Waals surface area (Å²) in [6.07, 6.45) is 3.04. The summed E-state index contributed by atoms with van der Waals surface area (Å²) in [5.74, 6) is -0.351. The van der Waals surface area contributed by atoms with Gasteiger partial charge in [-0.25, -0.2) is 9.97 Å². The van der Waals surface area contributed by atoms with Crippen LogP contribution in [0.5, 0.6) is 0 Å². The molecule has 5 rings (SSSR count). The first-order chi connectivity index (χ1) is 14.6. The zero-order chi connectivity index (χ0) is 20.7. The largest absolute Gasteiger partial charge is 0.338 e. The van der Waals surface area contributed by atoms with E-state index in [1.54, 1.807) is 18.3 Å². The van der Waals surface area contributed by atoms with Crippen molar-refractivity contribution in [1.82, 2.24) is 20.3 Å². The molecule has 1 saturated carbocycles. The molecule has 146 valence electrons. The van der Waals surface area contributed by atoms with Crippen molar-refractivity contribution in [3.8, 4) is 28.6 Å². The number of hydrogen-bond acceptors (Lipinski definition) is 4. The fraction of sp³-hybridized carbons (Fsp3) is 0.130. The van der Waals surface area contributed by atoms with Crippen LogP contribution in [0.4, 0.5) is 0 Å². The Balaban J connectivity index is 1.50. The third kappa shape index (κ3) is 3.19. The molecule has 4 aromatic rings. The molecule has 3 heterocycles. The molecule has 7 heteroatoms. The van der Waals surface area contributed by atoms with Crippen molar-refractivity contribution in [2.45, 2.75) is 18.4 Å². The van der Waals surface area contributed by atoms with E-state index in [-0.39, 0.29) is 11.6 Å². The lowest BCUT2D eigenvalue weighted by molar-refractivity contribution is 0.0936. The van der Waals surface area contributed by atoms with E-state index in [4.69, 9.17) is 11.6 Å². The molecule has 0 aliphatic heterocycles. The van der Waals surface area contributed by atoms with Crippen LogP contribution in [0.2, 0.25) is 5.02 Å². The first kappa shape index (κ1) is 18.3. The third-order valence-corrected chi connectivity index (χ3v) is 5.64. The first-order valence-electron chi connectivity index (χ1n) is 9.52. The minimum absolute atomic E-state index is 0.263. The molecule has 0 unspecified atom stereocenters. The van der Waals surface area contributed by atoms with Crippen molar-refractivity contribution in [3.63, 3.8) is 0 Å². The van der Waals surface area contributed by atoms with Crippen molar-refractivity contribution < 1.29 is 4.79 Å². The van der Waals surface area contributed by atoms with Crippen molar-refractivity contribution >= 4 is 28.5 Å². The van der Waals surface area contributed by atoms with Crippen LogP contribution in [-0.4, -0.2) is 26.4 Å². The lowest BCUT2D eigenvalue weighted by atomic mass is 10.1. The van der Waals surface area contributed by atoms with E-state index in [0.717, 1.165) is 22.2 Å². The maximum atomic E-state index is 12.5. The van der Waals surface area contributed by atoms with E-state index in [1.165, 1.54) is 0 Å². The summed E-state index contributed by atoms with van der Waals surface area (Å²) >= 11 is 6.64. The maximum absolute atomic E-state index is 12.5. The summed E-state index contributed by atoms with van der Waals surface area (Å²) < 4.78 is 0. The van der Waals surface area contributed by atoms with Gasteiger partial charge in [0.2, 0.25) is 0 Å². The SMILES string of the molecule is N#CC1(NC(=O)c2cccc(-c3cnc4[nH]c(-c5ccccc5)c(Cl)c4c3)n2)CC1. The van der Waals surface area contributed by atoms with E-state index < -0.39 is 5.54 Å². The first-order valence-corrected chi connectivity index (χ1v) is 9.90. The Kier molecular flexibility index (Phi) is 4.27. The summed E-state index contributed by atoms with van der Waals surface area (Å²) in [7, 11) is 0. The fourth-order valence-electron chi connectivity index (χ4n) is 3.38. The number of carbonyl (C=O) groups excluding carboxylic acids is 1. The van der Waals surface area contributed by atoms with Crippen LogP contribution < -0.4 is 5.32 Å². The smallest absolute Gasteiger partial charge is 0.271 e. The molecular weight excluding hydrogens is 398 g/mol. The predicted molar refractivity (Wildman–Crippen MR) is 115 cm³/mol. The Morgan fingerprint density at radius 2 is 1.93 bits per heavy atom. The van der Waals surface area contributed by atoms with Gasteiger partial charge >= 0.3 is 0 Å². The molecular formula is C23H16ClN5O. The van der Waals surface area contributed by atoms with Gasteiger partial charge in [0.15, 0.2) is 0 Å². The molecule has 2 N–H and O–H groups in total. The number of amides is 1. The van der Waals surface area contributed by atoms with Crippen LogP contribution in [-0.2, 0) is 0 Å². The monoisotopic (exact) mass is 413 g/mol. The molecule has 30 heavy (non-hydrogen) atoms. The number of fused-ring (bicyclic) bond motifs is 1. The fourth-order valence-corrected chi connectivity index (χ4v) is 3.68. The zero-order valence-electron chi connectivity index (χ0n) is 15.8. The highest BCUT2D eigenvalue weighted by Gasteiger charge is 2.44. The lowest BCUT2D eigenvalue weighted by Gasteiger charge is -2.09. The molecule has 0 atom stereocenters. The second kappa shape index (κ2) is 6.97. The van der Waals surface area contributed by atoms with E-state index in [0.29, 0.717) is 29.2 Å². The quantitative estimate of drug-likeness (QED) is 0.505. The number of rotatable bonds is 4. The highest BCUT2D eigenvalue weighted by Crippen LogP contribution is 2.36. The van der Waals surface area contributed by atoms with Gasteiger partial charge in [0, 0.05) is 17.1 Å². The lowest BCUT2D eigenvalue weighted by Crippen LogP contribution is -2.36. The summed E-state index contributed by atoms with van der Waals surface area (Å²) in [4.78, 5) is 24.7. The number of benzene rings is 1. The molecule has 1 fully saturated rings. The Labute approximate surface area is 177 Å². The van der Waals surface area contributed by atoms with E-state index >= 15 is 0 Å². The summed E-state index contributed by atoms with van der Waals surface area (Å²) in [6.45, 7) is 0. The number of nitrogens with one attached hydrogen (secondary N) is 2. The second-order valence-electron chi connectivity index (χ2n) is 7.36. The van der Waals surface area contributed by atoms with Crippen LogP contribution in [0.3, 0.4) is 0 Å². The van der Waals surface area contributed by atoms with Gasteiger partial charge in [0.05, 0.1) is 22.5 Å². The highest BCUT2D eigenvalue weighted by atomic mass is 35.5. The standard InChI is InChI=1S/C23H16ClN5O/c24-19-16-11-15(12-26-21(16)28-20(19)14-5-2-1-3-6-14)17-7-4-8-18(27-17)22(30)29-23(13-25)9-10-23/h1-8,11-12H,9-10H2,(H,26,28)(H,29,30). The van der Waals surface area contributed by atoms with Gasteiger partial charge in [0.25, 0.3) is 5.91 Å². The van der Waals surface area contributed by atoms with E-state index in [1.807, 2.05) is 42.5 Å². The van der Waals surface area contributed by atoms with Gasteiger partial charge in [-0.3, -0.25) is 4.79 Å². The third-order valence-electron chi connectivity index (χ3n) is 5.24. The minimum Gasteiger partial charge on any atom is -0.338 e.